The van der Waals surface area contributed by atoms with Crippen LogP contribution in [-0.2, 0) is 0 Å². The number of thioether (sulfide) groups is 1. The first-order valence-corrected chi connectivity index (χ1v) is 12.4. The van der Waals surface area contributed by atoms with Crippen LogP contribution < -0.4 is 5.32 Å². The number of carbonyl (C=O) groups excluding carboxylic acids is 1. The number of nitrogens with zero attached hydrogens (tertiary/aromatic N) is 1. The first kappa shape index (κ1) is 22.3. The Morgan fingerprint density at radius 1 is 0.941 bits per heavy atom. The van der Waals surface area contributed by atoms with Gasteiger partial charge in [-0.15, -0.1) is 11.8 Å². The maximum Gasteiger partial charge on any atom is 0.256 e. The quantitative estimate of drug-likeness (QED) is 0.250. The second-order valence-corrected chi connectivity index (χ2v) is 9.33. The Bertz CT molecular complexity index is 1510. The summed E-state index contributed by atoms with van der Waals surface area (Å²) in [6, 6.07) is 27.5. The van der Waals surface area contributed by atoms with Crippen molar-refractivity contribution in [2.24, 2.45) is 0 Å². The number of halogens is 1. The van der Waals surface area contributed by atoms with Gasteiger partial charge < -0.3 is 5.32 Å². The van der Waals surface area contributed by atoms with Gasteiger partial charge in [0.25, 0.3) is 5.91 Å². The van der Waals surface area contributed by atoms with E-state index in [0.717, 1.165) is 38.2 Å². The Labute approximate surface area is 207 Å². The van der Waals surface area contributed by atoms with Crippen molar-refractivity contribution in [1.29, 1.82) is 0 Å². The highest BCUT2D eigenvalue weighted by Gasteiger charge is 2.16. The number of carbonyl (C=O) groups is 1. The van der Waals surface area contributed by atoms with Crippen molar-refractivity contribution in [2.75, 3.05) is 11.6 Å². The molecule has 0 aliphatic rings. The van der Waals surface area contributed by atoms with E-state index in [2.05, 4.69) is 52.8 Å². The minimum atomic E-state index is -0.177. The van der Waals surface area contributed by atoms with Crippen molar-refractivity contribution < 1.29 is 4.79 Å². The fraction of sp³-hybridized carbons (Fsp3) is 0.0714. The summed E-state index contributed by atoms with van der Waals surface area (Å²) in [6.07, 6.45) is 2.03. The molecule has 5 rings (SSSR count). The Kier molecular flexibility index (Phi) is 6.14. The highest BCUT2D eigenvalue weighted by Crippen LogP contribution is 2.34. The fourth-order valence-corrected chi connectivity index (χ4v) is 4.62. The number of aromatic amines is 1. The van der Waals surface area contributed by atoms with Gasteiger partial charge in [-0.25, -0.2) is 0 Å². The van der Waals surface area contributed by atoms with Crippen LogP contribution in [0, 0.1) is 6.92 Å². The van der Waals surface area contributed by atoms with Crippen molar-refractivity contribution in [2.45, 2.75) is 11.8 Å². The zero-order valence-electron chi connectivity index (χ0n) is 18.7. The molecular weight excluding hydrogens is 462 g/mol. The zero-order chi connectivity index (χ0) is 23.7. The number of amides is 1. The molecule has 0 saturated carbocycles. The van der Waals surface area contributed by atoms with Gasteiger partial charge in [-0.1, -0.05) is 59.6 Å². The Morgan fingerprint density at radius 2 is 1.74 bits per heavy atom. The number of anilines is 1. The summed E-state index contributed by atoms with van der Waals surface area (Å²) in [5.74, 6) is -0.177. The van der Waals surface area contributed by atoms with Crippen molar-refractivity contribution in [3.05, 3.63) is 101 Å². The normalized spacial score (nSPS) is 11.0. The van der Waals surface area contributed by atoms with Crippen LogP contribution in [0.3, 0.4) is 0 Å². The minimum absolute atomic E-state index is 0.177. The van der Waals surface area contributed by atoms with Crippen LogP contribution in [0.5, 0.6) is 0 Å². The fourth-order valence-electron chi connectivity index (χ4n) is 3.97. The Hall–Kier alpha value is -3.54. The molecule has 4 aromatic carbocycles. The highest BCUT2D eigenvalue weighted by molar-refractivity contribution is 7.98. The maximum absolute atomic E-state index is 13.4. The molecule has 6 heteroatoms. The van der Waals surface area contributed by atoms with Gasteiger partial charge in [0.1, 0.15) is 5.69 Å². The average Bonchev–Trinajstić information content (AvgIpc) is 3.29. The third-order valence-electron chi connectivity index (χ3n) is 5.78. The summed E-state index contributed by atoms with van der Waals surface area (Å²) in [5, 5.41) is 12.1. The van der Waals surface area contributed by atoms with E-state index in [1.807, 2.05) is 48.7 Å². The van der Waals surface area contributed by atoms with Crippen molar-refractivity contribution >= 4 is 45.9 Å². The number of nitrogens with one attached hydrogen (secondary N) is 2. The maximum atomic E-state index is 13.4. The SMILES string of the molecule is CSc1ccc(C(=O)Nc2ccc(Cl)c(-c3n[nH]c4ccccc34)c2)c(-c2ccc(C)cc2)c1. The molecule has 168 valence electrons. The van der Waals surface area contributed by atoms with Crippen LogP contribution in [0.2, 0.25) is 5.02 Å². The van der Waals surface area contributed by atoms with Crippen molar-refractivity contribution in [3.8, 4) is 22.4 Å². The molecule has 0 aliphatic heterocycles. The second kappa shape index (κ2) is 9.37. The summed E-state index contributed by atoms with van der Waals surface area (Å²) in [7, 11) is 0. The van der Waals surface area contributed by atoms with E-state index in [1.54, 1.807) is 23.9 Å². The molecule has 0 unspecified atom stereocenters. The third-order valence-corrected chi connectivity index (χ3v) is 6.84. The molecule has 5 aromatic rings. The predicted molar refractivity (Wildman–Crippen MR) is 143 cm³/mol. The molecule has 34 heavy (non-hydrogen) atoms. The molecule has 1 heterocycles. The number of aryl methyl sites for hydroxylation is 1. The summed E-state index contributed by atoms with van der Waals surface area (Å²) in [5.41, 5.74) is 6.79. The van der Waals surface area contributed by atoms with Gasteiger partial charge in [0.05, 0.1) is 10.5 Å². The number of rotatable bonds is 5. The molecule has 0 saturated heterocycles. The third kappa shape index (κ3) is 4.32. The smallest absolute Gasteiger partial charge is 0.256 e. The van der Waals surface area contributed by atoms with E-state index < -0.39 is 0 Å². The number of para-hydroxylation sites is 1. The minimum Gasteiger partial charge on any atom is -0.322 e. The molecule has 0 atom stereocenters. The van der Waals surface area contributed by atoms with Gasteiger partial charge in [0.15, 0.2) is 0 Å². The van der Waals surface area contributed by atoms with Crippen LogP contribution in [0.1, 0.15) is 15.9 Å². The topological polar surface area (TPSA) is 57.8 Å². The first-order chi connectivity index (χ1) is 16.5. The highest BCUT2D eigenvalue weighted by atomic mass is 35.5. The molecule has 0 aliphatic carbocycles. The number of fused-ring (bicyclic) bond motifs is 1. The number of hydrogen-bond donors (Lipinski definition) is 2. The molecule has 2 N–H and O–H groups in total. The number of aromatic nitrogens is 2. The van der Waals surface area contributed by atoms with Gasteiger partial charge >= 0.3 is 0 Å². The summed E-state index contributed by atoms with van der Waals surface area (Å²) in [6.45, 7) is 2.05. The van der Waals surface area contributed by atoms with E-state index in [9.17, 15) is 4.79 Å². The van der Waals surface area contributed by atoms with Gasteiger partial charge in [-0.05, 0) is 66.8 Å². The lowest BCUT2D eigenvalue weighted by molar-refractivity contribution is 0.102. The molecular formula is C28H22ClN3OS. The Morgan fingerprint density at radius 3 is 2.53 bits per heavy atom. The molecule has 1 aromatic heterocycles. The van der Waals surface area contributed by atoms with E-state index in [4.69, 9.17) is 11.6 Å². The molecule has 1 amide bonds. The van der Waals surface area contributed by atoms with Crippen LogP contribution in [0.4, 0.5) is 5.69 Å². The lowest BCUT2D eigenvalue weighted by atomic mass is 9.98. The average molecular weight is 484 g/mol. The summed E-state index contributed by atoms with van der Waals surface area (Å²) >= 11 is 8.18. The standard InChI is InChI=1S/C28H22ClN3OS/c1-17-7-9-18(10-8-17)23-16-20(34-2)12-13-21(23)28(33)30-19-11-14-25(29)24(15-19)27-22-5-3-4-6-26(22)31-32-27/h3-16H,1-2H3,(H,30,33)(H,31,32). The van der Waals surface area contributed by atoms with Crippen molar-refractivity contribution in [1.82, 2.24) is 10.2 Å². The summed E-state index contributed by atoms with van der Waals surface area (Å²) < 4.78 is 0. The van der Waals surface area contributed by atoms with Gasteiger partial charge in [0.2, 0.25) is 0 Å². The molecule has 0 spiro atoms. The van der Waals surface area contributed by atoms with Gasteiger partial charge in [-0.3, -0.25) is 9.89 Å². The predicted octanol–water partition coefficient (Wildman–Crippen LogP) is 7.83. The second-order valence-electron chi connectivity index (χ2n) is 8.04. The van der Waals surface area contributed by atoms with E-state index in [1.165, 1.54) is 5.56 Å². The lowest BCUT2D eigenvalue weighted by Gasteiger charge is -2.13. The van der Waals surface area contributed by atoms with E-state index >= 15 is 0 Å². The van der Waals surface area contributed by atoms with Crippen LogP contribution in [0.15, 0.2) is 89.8 Å². The monoisotopic (exact) mass is 483 g/mol. The van der Waals surface area contributed by atoms with Crippen LogP contribution >= 0.6 is 23.4 Å². The number of H-pyrrole nitrogens is 1. The molecule has 0 bridgehead atoms. The molecule has 0 fully saturated rings. The van der Waals surface area contributed by atoms with Crippen LogP contribution in [-0.4, -0.2) is 22.4 Å². The van der Waals surface area contributed by atoms with E-state index in [-0.39, 0.29) is 5.91 Å². The zero-order valence-corrected chi connectivity index (χ0v) is 20.3. The van der Waals surface area contributed by atoms with Crippen molar-refractivity contribution in [3.63, 3.8) is 0 Å². The van der Waals surface area contributed by atoms with Gasteiger partial charge in [-0.2, -0.15) is 5.10 Å². The Balaban J connectivity index is 1.51. The molecule has 0 radical (unpaired) electrons. The summed E-state index contributed by atoms with van der Waals surface area (Å²) in [4.78, 5) is 14.5. The molecule has 4 nitrogen and oxygen atoms in total. The number of benzene rings is 4. The van der Waals surface area contributed by atoms with Gasteiger partial charge in [0, 0.05) is 27.1 Å². The van der Waals surface area contributed by atoms with E-state index in [0.29, 0.717) is 16.3 Å². The van der Waals surface area contributed by atoms with Crippen LogP contribution in [0.25, 0.3) is 33.3 Å². The largest absolute Gasteiger partial charge is 0.322 e. The first-order valence-electron chi connectivity index (χ1n) is 10.8. The lowest BCUT2D eigenvalue weighted by Crippen LogP contribution is -2.13. The number of hydrogen-bond acceptors (Lipinski definition) is 3.